The molecule has 2 N–H and O–H groups in total. The number of nitrogens with two attached hydrogens (primary N) is 1. The molecule has 4 nitrogen and oxygen atoms in total. The molecule has 17 heavy (non-hydrogen) atoms. The summed E-state index contributed by atoms with van der Waals surface area (Å²) in [5.41, 5.74) is 7.02. The van der Waals surface area contributed by atoms with Gasteiger partial charge in [-0.1, -0.05) is 0 Å². The summed E-state index contributed by atoms with van der Waals surface area (Å²) in [5, 5.41) is 0. The molecular formula is C13H19N3O. The van der Waals surface area contributed by atoms with E-state index in [1.807, 2.05) is 4.90 Å². The fourth-order valence-corrected chi connectivity index (χ4v) is 2.04. The highest BCUT2D eigenvalue weighted by Crippen LogP contribution is 2.13. The lowest BCUT2D eigenvalue weighted by Crippen LogP contribution is -2.52. The van der Waals surface area contributed by atoms with Crippen molar-refractivity contribution in [1.29, 1.82) is 0 Å². The summed E-state index contributed by atoms with van der Waals surface area (Å²) in [6.45, 7) is 4.66. The third-order valence-corrected chi connectivity index (χ3v) is 3.40. The Bertz CT molecular complexity index is 402. The number of hydrogen-bond donors (Lipinski definition) is 1. The minimum Gasteiger partial charge on any atom is -0.399 e. The second-order valence-electron chi connectivity index (χ2n) is 4.70. The van der Waals surface area contributed by atoms with Crippen molar-refractivity contribution in [3.8, 4) is 0 Å². The maximum absolute atomic E-state index is 12.2. The molecule has 92 valence electrons. The number of anilines is 1. The van der Waals surface area contributed by atoms with Gasteiger partial charge in [0.15, 0.2) is 0 Å². The second-order valence-corrected chi connectivity index (χ2v) is 4.70. The van der Waals surface area contributed by atoms with Crippen LogP contribution in [0.1, 0.15) is 17.3 Å². The average Bonchev–Trinajstić information content (AvgIpc) is 2.33. The van der Waals surface area contributed by atoms with Gasteiger partial charge in [-0.05, 0) is 38.2 Å². The molecule has 2 rings (SSSR count). The van der Waals surface area contributed by atoms with E-state index in [2.05, 4.69) is 18.9 Å². The number of hydrogen-bond acceptors (Lipinski definition) is 3. The number of amides is 1. The summed E-state index contributed by atoms with van der Waals surface area (Å²) in [6, 6.07) is 7.54. The molecule has 1 aliphatic rings. The number of likely N-dealkylation sites (N-methyl/N-ethyl adjacent to an activating group) is 1. The maximum Gasteiger partial charge on any atom is 0.253 e. The predicted molar refractivity (Wildman–Crippen MR) is 68.8 cm³/mol. The Balaban J connectivity index is 2.08. The van der Waals surface area contributed by atoms with Gasteiger partial charge in [0.2, 0.25) is 0 Å². The molecular weight excluding hydrogens is 214 g/mol. The molecule has 0 radical (unpaired) electrons. The van der Waals surface area contributed by atoms with Crippen LogP contribution >= 0.6 is 0 Å². The van der Waals surface area contributed by atoms with Crippen LogP contribution in [0.25, 0.3) is 0 Å². The van der Waals surface area contributed by atoms with Gasteiger partial charge in [0, 0.05) is 36.9 Å². The first-order valence-corrected chi connectivity index (χ1v) is 5.93. The Labute approximate surface area is 102 Å². The van der Waals surface area contributed by atoms with Crippen molar-refractivity contribution in [2.45, 2.75) is 13.0 Å². The Kier molecular flexibility index (Phi) is 3.33. The molecule has 0 aromatic heterocycles. The van der Waals surface area contributed by atoms with E-state index in [1.165, 1.54) is 0 Å². The van der Waals surface area contributed by atoms with Crippen LogP contribution in [0.15, 0.2) is 24.3 Å². The van der Waals surface area contributed by atoms with E-state index in [4.69, 9.17) is 5.73 Å². The van der Waals surface area contributed by atoms with E-state index in [0.717, 1.165) is 25.2 Å². The lowest BCUT2D eigenvalue weighted by atomic mass is 10.1. The van der Waals surface area contributed by atoms with Gasteiger partial charge in [0.05, 0.1) is 0 Å². The van der Waals surface area contributed by atoms with E-state index in [1.54, 1.807) is 24.3 Å². The normalized spacial score (nSPS) is 21.5. The number of nitrogens with zero attached hydrogens (tertiary/aromatic N) is 2. The van der Waals surface area contributed by atoms with Crippen LogP contribution in [0.4, 0.5) is 5.69 Å². The zero-order valence-corrected chi connectivity index (χ0v) is 10.4. The average molecular weight is 233 g/mol. The third-order valence-electron chi connectivity index (χ3n) is 3.40. The largest absolute Gasteiger partial charge is 0.399 e. The Morgan fingerprint density at radius 2 is 1.94 bits per heavy atom. The minimum absolute atomic E-state index is 0.102. The summed E-state index contributed by atoms with van der Waals surface area (Å²) >= 11 is 0. The number of carbonyl (C=O) groups excluding carboxylic acids is 1. The summed E-state index contributed by atoms with van der Waals surface area (Å²) < 4.78 is 0. The molecule has 0 saturated carbocycles. The van der Waals surface area contributed by atoms with Crippen molar-refractivity contribution in [3.63, 3.8) is 0 Å². The molecule has 0 bridgehead atoms. The summed E-state index contributed by atoms with van der Waals surface area (Å²) in [7, 11) is 2.09. The number of piperazine rings is 1. The van der Waals surface area contributed by atoms with Crippen molar-refractivity contribution < 1.29 is 4.79 Å². The van der Waals surface area contributed by atoms with Crippen LogP contribution in [-0.2, 0) is 0 Å². The van der Waals surface area contributed by atoms with Crippen molar-refractivity contribution in [1.82, 2.24) is 9.80 Å². The fraction of sp³-hybridized carbons (Fsp3) is 0.462. The molecule has 1 aromatic carbocycles. The van der Waals surface area contributed by atoms with Gasteiger partial charge in [-0.15, -0.1) is 0 Å². The van der Waals surface area contributed by atoms with E-state index in [9.17, 15) is 4.79 Å². The number of rotatable bonds is 1. The molecule has 0 aliphatic carbocycles. The van der Waals surface area contributed by atoms with E-state index < -0.39 is 0 Å². The van der Waals surface area contributed by atoms with E-state index in [-0.39, 0.29) is 5.91 Å². The van der Waals surface area contributed by atoms with E-state index >= 15 is 0 Å². The van der Waals surface area contributed by atoms with Gasteiger partial charge in [0.25, 0.3) is 5.91 Å². The van der Waals surface area contributed by atoms with Gasteiger partial charge < -0.3 is 15.5 Å². The molecule has 1 amide bonds. The highest BCUT2D eigenvalue weighted by atomic mass is 16.2. The summed E-state index contributed by atoms with van der Waals surface area (Å²) in [6.07, 6.45) is 0. The quantitative estimate of drug-likeness (QED) is 0.737. The van der Waals surface area contributed by atoms with Crippen LogP contribution < -0.4 is 5.73 Å². The van der Waals surface area contributed by atoms with Gasteiger partial charge in [0.1, 0.15) is 0 Å². The minimum atomic E-state index is 0.102. The summed E-state index contributed by atoms with van der Waals surface area (Å²) in [4.78, 5) is 16.4. The zero-order valence-electron chi connectivity index (χ0n) is 10.4. The zero-order chi connectivity index (χ0) is 12.4. The molecule has 0 spiro atoms. The van der Waals surface area contributed by atoms with Crippen LogP contribution in [0.5, 0.6) is 0 Å². The van der Waals surface area contributed by atoms with Crippen molar-refractivity contribution in [2.24, 2.45) is 0 Å². The Hall–Kier alpha value is -1.55. The molecule has 1 heterocycles. The van der Waals surface area contributed by atoms with Gasteiger partial charge in [-0.2, -0.15) is 0 Å². The van der Waals surface area contributed by atoms with E-state index in [0.29, 0.717) is 11.7 Å². The van der Waals surface area contributed by atoms with Crippen molar-refractivity contribution >= 4 is 11.6 Å². The highest BCUT2D eigenvalue weighted by Gasteiger charge is 2.24. The lowest BCUT2D eigenvalue weighted by Gasteiger charge is -2.37. The van der Waals surface area contributed by atoms with Gasteiger partial charge in [-0.3, -0.25) is 4.79 Å². The van der Waals surface area contributed by atoms with Crippen LogP contribution in [0.3, 0.4) is 0 Å². The lowest BCUT2D eigenvalue weighted by molar-refractivity contribution is 0.0572. The second kappa shape index (κ2) is 4.75. The molecule has 1 fully saturated rings. The van der Waals surface area contributed by atoms with Crippen molar-refractivity contribution in [3.05, 3.63) is 29.8 Å². The Morgan fingerprint density at radius 3 is 2.53 bits per heavy atom. The maximum atomic E-state index is 12.2. The molecule has 1 aliphatic heterocycles. The molecule has 1 aromatic rings. The first kappa shape index (κ1) is 11.9. The molecule has 0 unspecified atom stereocenters. The van der Waals surface area contributed by atoms with Crippen molar-refractivity contribution in [2.75, 3.05) is 32.4 Å². The Morgan fingerprint density at radius 1 is 1.29 bits per heavy atom. The SMILES string of the molecule is C[C@@H]1CN(C(=O)c2ccc(N)cc2)CCN1C. The molecule has 4 heteroatoms. The smallest absolute Gasteiger partial charge is 0.253 e. The number of nitrogen functional groups attached to an aromatic ring is 1. The molecule has 1 atom stereocenters. The first-order valence-electron chi connectivity index (χ1n) is 5.93. The van der Waals surface area contributed by atoms with Crippen LogP contribution in [-0.4, -0.2) is 48.4 Å². The van der Waals surface area contributed by atoms with Gasteiger partial charge >= 0.3 is 0 Å². The monoisotopic (exact) mass is 233 g/mol. The predicted octanol–water partition coefficient (Wildman–Crippen LogP) is 1.04. The van der Waals surface area contributed by atoms with Crippen LogP contribution in [0.2, 0.25) is 0 Å². The third kappa shape index (κ3) is 2.58. The molecule has 1 saturated heterocycles. The standard InChI is InChI=1S/C13H19N3O/c1-10-9-16(8-7-15(10)2)13(17)11-3-5-12(14)6-4-11/h3-6,10H,7-9,14H2,1-2H3/t10-/m1/s1. The fourth-order valence-electron chi connectivity index (χ4n) is 2.04. The summed E-state index contributed by atoms with van der Waals surface area (Å²) in [5.74, 6) is 0.102. The topological polar surface area (TPSA) is 49.6 Å². The van der Waals surface area contributed by atoms with Crippen LogP contribution in [0, 0.1) is 0 Å². The number of carbonyl (C=O) groups is 1. The number of benzene rings is 1. The first-order chi connectivity index (χ1) is 8.08. The highest BCUT2D eigenvalue weighted by molar-refractivity contribution is 5.94. The van der Waals surface area contributed by atoms with Gasteiger partial charge in [-0.25, -0.2) is 0 Å².